The standard InChI is InChI=1S/C26H25NO5S/c1-17-11-12-18(2)23(13-17)25(28)16-32-26(29)21-8-6-9-22(15-21)33(30,31)27-19(3)14-20-7-4-5-10-24(20)27/h4-13,15,19H,14,16H2,1-3H3. The summed E-state index contributed by atoms with van der Waals surface area (Å²) in [6.07, 6.45) is 0.623. The first kappa shape index (κ1) is 22.7. The third-order valence-electron chi connectivity index (χ3n) is 5.80. The van der Waals surface area contributed by atoms with Crippen molar-refractivity contribution in [3.8, 4) is 0 Å². The van der Waals surface area contributed by atoms with Gasteiger partial charge in [-0.15, -0.1) is 0 Å². The minimum Gasteiger partial charge on any atom is -0.454 e. The van der Waals surface area contributed by atoms with Gasteiger partial charge in [-0.3, -0.25) is 9.10 Å². The Bertz CT molecular complexity index is 1350. The van der Waals surface area contributed by atoms with Crippen molar-refractivity contribution in [2.24, 2.45) is 0 Å². The fourth-order valence-corrected chi connectivity index (χ4v) is 5.87. The van der Waals surface area contributed by atoms with Crippen molar-refractivity contribution in [2.75, 3.05) is 10.9 Å². The maximum atomic E-state index is 13.4. The van der Waals surface area contributed by atoms with Crippen LogP contribution in [-0.2, 0) is 21.2 Å². The van der Waals surface area contributed by atoms with Crippen LogP contribution < -0.4 is 4.31 Å². The van der Waals surface area contributed by atoms with Gasteiger partial charge >= 0.3 is 5.97 Å². The van der Waals surface area contributed by atoms with E-state index in [1.54, 1.807) is 18.2 Å². The molecular weight excluding hydrogens is 438 g/mol. The van der Waals surface area contributed by atoms with Crippen LogP contribution in [0.4, 0.5) is 5.69 Å². The second-order valence-corrected chi connectivity index (χ2v) is 10.1. The Balaban J connectivity index is 1.53. The molecule has 7 heteroatoms. The van der Waals surface area contributed by atoms with Gasteiger partial charge in [0.25, 0.3) is 10.0 Å². The van der Waals surface area contributed by atoms with Crippen LogP contribution in [0.15, 0.2) is 71.6 Å². The van der Waals surface area contributed by atoms with Crippen molar-refractivity contribution in [3.63, 3.8) is 0 Å². The smallest absolute Gasteiger partial charge is 0.338 e. The number of hydrogen-bond donors (Lipinski definition) is 0. The quantitative estimate of drug-likeness (QED) is 0.398. The number of ether oxygens (including phenoxy) is 1. The molecule has 6 nitrogen and oxygen atoms in total. The number of Topliss-reactive ketones (excluding diaryl/α,β-unsaturated/α-hetero) is 1. The Hall–Kier alpha value is -3.45. The van der Waals surface area contributed by atoms with Crippen LogP contribution in [0, 0.1) is 13.8 Å². The minimum atomic E-state index is -3.88. The first-order valence-corrected chi connectivity index (χ1v) is 12.1. The molecule has 4 rings (SSSR count). The van der Waals surface area contributed by atoms with E-state index in [4.69, 9.17) is 4.74 Å². The van der Waals surface area contributed by atoms with Crippen molar-refractivity contribution in [1.82, 2.24) is 0 Å². The zero-order chi connectivity index (χ0) is 23.8. The van der Waals surface area contributed by atoms with Crippen LogP contribution in [0.3, 0.4) is 0 Å². The van der Waals surface area contributed by atoms with E-state index in [1.807, 2.05) is 45.0 Å². The summed E-state index contributed by atoms with van der Waals surface area (Å²) in [6.45, 7) is 5.14. The van der Waals surface area contributed by atoms with Gasteiger partial charge in [0.1, 0.15) is 0 Å². The topological polar surface area (TPSA) is 80.8 Å². The van der Waals surface area contributed by atoms with Crippen LogP contribution in [0.1, 0.15) is 44.3 Å². The van der Waals surface area contributed by atoms with Crippen molar-refractivity contribution in [1.29, 1.82) is 0 Å². The number of carbonyl (C=O) groups is 2. The summed E-state index contributed by atoms with van der Waals surface area (Å²) in [6, 6.07) is 18.4. The SMILES string of the molecule is Cc1ccc(C)c(C(=O)COC(=O)c2cccc(S(=O)(=O)N3c4ccccc4CC3C)c2)c1. The molecule has 0 saturated heterocycles. The molecule has 0 radical (unpaired) electrons. The van der Waals surface area contributed by atoms with Crippen LogP contribution in [0.2, 0.25) is 0 Å². The molecule has 170 valence electrons. The number of para-hydroxylation sites is 1. The van der Waals surface area contributed by atoms with Gasteiger partial charge in [0.15, 0.2) is 6.61 Å². The van der Waals surface area contributed by atoms with E-state index in [0.717, 1.165) is 16.7 Å². The number of rotatable bonds is 6. The zero-order valence-electron chi connectivity index (χ0n) is 18.7. The van der Waals surface area contributed by atoms with Gasteiger partial charge < -0.3 is 4.74 Å². The number of hydrogen-bond acceptors (Lipinski definition) is 5. The molecule has 1 aliphatic heterocycles. The van der Waals surface area contributed by atoms with E-state index in [9.17, 15) is 18.0 Å². The highest BCUT2D eigenvalue weighted by Crippen LogP contribution is 2.36. The second kappa shape index (κ2) is 8.83. The minimum absolute atomic E-state index is 0.00126. The Kier molecular flexibility index (Phi) is 6.08. The number of carbonyl (C=O) groups excluding carboxylic acids is 2. The van der Waals surface area contributed by atoms with Gasteiger partial charge in [0.05, 0.1) is 16.1 Å². The van der Waals surface area contributed by atoms with E-state index >= 15 is 0 Å². The highest BCUT2D eigenvalue weighted by molar-refractivity contribution is 7.92. The molecule has 0 aromatic heterocycles. The lowest BCUT2D eigenvalue weighted by atomic mass is 10.0. The fraction of sp³-hybridized carbons (Fsp3) is 0.231. The summed E-state index contributed by atoms with van der Waals surface area (Å²) in [5, 5.41) is 0. The molecule has 1 aliphatic rings. The third-order valence-corrected chi connectivity index (χ3v) is 7.72. The number of sulfonamides is 1. The molecule has 3 aromatic carbocycles. The molecular formula is C26H25NO5S. The van der Waals surface area contributed by atoms with Gasteiger partial charge in [0.2, 0.25) is 5.78 Å². The van der Waals surface area contributed by atoms with Crippen LogP contribution in [-0.4, -0.2) is 32.8 Å². The van der Waals surface area contributed by atoms with Crippen molar-refractivity contribution in [2.45, 2.75) is 38.1 Å². The number of nitrogens with zero attached hydrogens (tertiary/aromatic N) is 1. The summed E-state index contributed by atoms with van der Waals surface area (Å²) in [5.41, 5.74) is 3.93. The van der Waals surface area contributed by atoms with Crippen molar-refractivity contribution >= 4 is 27.5 Å². The van der Waals surface area contributed by atoms with Crippen LogP contribution >= 0.6 is 0 Å². The predicted molar refractivity (Wildman–Crippen MR) is 126 cm³/mol. The first-order valence-electron chi connectivity index (χ1n) is 10.7. The molecule has 3 aromatic rings. The molecule has 0 spiro atoms. The molecule has 1 unspecified atom stereocenters. The Morgan fingerprint density at radius 2 is 1.76 bits per heavy atom. The number of anilines is 1. The lowest BCUT2D eigenvalue weighted by molar-refractivity contribution is 0.0474. The monoisotopic (exact) mass is 463 g/mol. The van der Waals surface area contributed by atoms with E-state index in [0.29, 0.717) is 17.7 Å². The lowest BCUT2D eigenvalue weighted by Gasteiger charge is -2.24. The number of aryl methyl sites for hydroxylation is 2. The summed E-state index contributed by atoms with van der Waals surface area (Å²) >= 11 is 0. The second-order valence-electron chi connectivity index (χ2n) is 8.33. The van der Waals surface area contributed by atoms with Crippen LogP contribution in [0.25, 0.3) is 0 Å². The molecule has 0 bridgehead atoms. The van der Waals surface area contributed by atoms with Crippen LogP contribution in [0.5, 0.6) is 0 Å². The number of benzene rings is 3. The van der Waals surface area contributed by atoms with Gasteiger partial charge in [-0.05, 0) is 68.7 Å². The van der Waals surface area contributed by atoms with E-state index in [-0.39, 0.29) is 22.3 Å². The van der Waals surface area contributed by atoms with Gasteiger partial charge in [-0.25, -0.2) is 13.2 Å². The van der Waals surface area contributed by atoms with Gasteiger partial charge in [0, 0.05) is 11.6 Å². The highest BCUT2D eigenvalue weighted by atomic mass is 32.2. The Morgan fingerprint density at radius 3 is 2.55 bits per heavy atom. The summed E-state index contributed by atoms with van der Waals surface area (Å²) in [7, 11) is -3.88. The van der Waals surface area contributed by atoms with E-state index in [1.165, 1.54) is 28.6 Å². The van der Waals surface area contributed by atoms with Crippen molar-refractivity contribution in [3.05, 3.63) is 94.5 Å². The summed E-state index contributed by atoms with van der Waals surface area (Å²) in [5.74, 6) is -1.06. The molecule has 1 atom stereocenters. The number of esters is 1. The van der Waals surface area contributed by atoms with Gasteiger partial charge in [-0.1, -0.05) is 42.0 Å². The normalized spacial score (nSPS) is 15.2. The average molecular weight is 464 g/mol. The molecule has 1 heterocycles. The summed E-state index contributed by atoms with van der Waals surface area (Å²) < 4.78 is 33.5. The molecule has 33 heavy (non-hydrogen) atoms. The van der Waals surface area contributed by atoms with E-state index < -0.39 is 22.6 Å². The predicted octanol–water partition coefficient (Wildman–Crippen LogP) is 4.48. The molecule has 0 N–H and O–H groups in total. The highest BCUT2D eigenvalue weighted by Gasteiger charge is 2.36. The Morgan fingerprint density at radius 1 is 1.00 bits per heavy atom. The maximum absolute atomic E-state index is 13.4. The third kappa shape index (κ3) is 4.41. The fourth-order valence-electron chi connectivity index (χ4n) is 4.13. The van der Waals surface area contributed by atoms with Gasteiger partial charge in [-0.2, -0.15) is 0 Å². The van der Waals surface area contributed by atoms with E-state index in [2.05, 4.69) is 0 Å². The number of ketones is 1. The molecule has 0 saturated carbocycles. The zero-order valence-corrected chi connectivity index (χ0v) is 19.6. The lowest BCUT2D eigenvalue weighted by Crippen LogP contribution is -2.35. The molecule has 0 aliphatic carbocycles. The maximum Gasteiger partial charge on any atom is 0.338 e. The molecule has 0 fully saturated rings. The Labute approximate surface area is 193 Å². The molecule has 0 amide bonds. The summed E-state index contributed by atoms with van der Waals surface area (Å²) in [4.78, 5) is 25.1. The number of fused-ring (bicyclic) bond motifs is 1. The first-order chi connectivity index (χ1) is 15.7. The van der Waals surface area contributed by atoms with Crippen molar-refractivity contribution < 1.29 is 22.7 Å². The largest absolute Gasteiger partial charge is 0.454 e. The average Bonchev–Trinajstić information content (AvgIpc) is 3.15.